The molecule has 5 aromatic rings. The van der Waals surface area contributed by atoms with Gasteiger partial charge in [0.2, 0.25) is 0 Å². The second kappa shape index (κ2) is 9.20. The third-order valence-corrected chi connectivity index (χ3v) is 5.41. The predicted octanol–water partition coefficient (Wildman–Crippen LogP) is 5.82. The number of aromatic nitrogens is 5. The van der Waals surface area contributed by atoms with E-state index in [4.69, 9.17) is 9.97 Å². The largest absolute Gasteiger partial charge is 0.364 e. The molecule has 0 saturated carbocycles. The molecule has 0 aliphatic rings. The van der Waals surface area contributed by atoms with Crippen LogP contribution in [0.1, 0.15) is 19.5 Å². The minimum atomic E-state index is 0.513. The number of pyridine rings is 1. The van der Waals surface area contributed by atoms with Crippen molar-refractivity contribution in [2.24, 2.45) is 5.92 Å². The van der Waals surface area contributed by atoms with E-state index >= 15 is 0 Å². The summed E-state index contributed by atoms with van der Waals surface area (Å²) in [6.07, 6.45) is 5.66. The molecule has 0 spiro atoms. The van der Waals surface area contributed by atoms with Gasteiger partial charge in [0.15, 0.2) is 5.82 Å². The fourth-order valence-electron chi connectivity index (χ4n) is 3.93. The number of nitrogens with one attached hydrogen (secondary N) is 1. The number of nitrogens with zero attached hydrogens (tertiary/aromatic N) is 5. The molecule has 2 aromatic carbocycles. The van der Waals surface area contributed by atoms with E-state index < -0.39 is 0 Å². The van der Waals surface area contributed by atoms with Crippen molar-refractivity contribution in [3.63, 3.8) is 0 Å². The molecule has 164 valence electrons. The lowest BCUT2D eigenvalue weighted by atomic mass is 10.0. The number of fused-ring (bicyclic) bond motifs is 1. The summed E-state index contributed by atoms with van der Waals surface area (Å²) >= 11 is 0. The molecule has 1 N–H and O–H groups in total. The maximum atomic E-state index is 4.96. The first kappa shape index (κ1) is 20.8. The minimum absolute atomic E-state index is 0.513. The van der Waals surface area contributed by atoms with E-state index in [1.807, 2.05) is 65.6 Å². The van der Waals surface area contributed by atoms with Crippen LogP contribution in [-0.4, -0.2) is 24.7 Å². The minimum Gasteiger partial charge on any atom is -0.364 e. The van der Waals surface area contributed by atoms with Crippen molar-refractivity contribution in [1.29, 1.82) is 0 Å². The smallest absolute Gasteiger partial charge is 0.165 e. The summed E-state index contributed by atoms with van der Waals surface area (Å²) in [6.45, 7) is 5.79. The Hall–Kier alpha value is -4.06. The molecule has 5 rings (SSSR count). The van der Waals surface area contributed by atoms with Crippen LogP contribution in [0.2, 0.25) is 0 Å². The zero-order valence-electron chi connectivity index (χ0n) is 18.8. The van der Waals surface area contributed by atoms with Gasteiger partial charge in [-0.1, -0.05) is 62.4 Å². The Morgan fingerprint density at radius 2 is 1.73 bits per heavy atom. The summed E-state index contributed by atoms with van der Waals surface area (Å²) in [5.41, 5.74) is 4.97. The molecule has 33 heavy (non-hydrogen) atoms. The van der Waals surface area contributed by atoms with Crippen LogP contribution in [0, 0.1) is 5.92 Å². The van der Waals surface area contributed by atoms with E-state index in [0.717, 1.165) is 45.6 Å². The van der Waals surface area contributed by atoms with Crippen molar-refractivity contribution in [3.05, 3.63) is 91.0 Å². The van der Waals surface area contributed by atoms with E-state index in [2.05, 4.69) is 47.4 Å². The van der Waals surface area contributed by atoms with Gasteiger partial charge in [-0.2, -0.15) is 5.10 Å². The zero-order valence-corrected chi connectivity index (χ0v) is 18.8. The first-order valence-corrected chi connectivity index (χ1v) is 11.2. The van der Waals surface area contributed by atoms with Gasteiger partial charge in [-0.15, -0.1) is 0 Å². The van der Waals surface area contributed by atoms with Gasteiger partial charge < -0.3 is 5.32 Å². The van der Waals surface area contributed by atoms with Gasteiger partial charge >= 0.3 is 0 Å². The van der Waals surface area contributed by atoms with E-state index in [-0.39, 0.29) is 0 Å². The van der Waals surface area contributed by atoms with Crippen molar-refractivity contribution in [1.82, 2.24) is 24.7 Å². The Morgan fingerprint density at radius 1 is 0.879 bits per heavy atom. The summed E-state index contributed by atoms with van der Waals surface area (Å²) in [5.74, 6) is 1.96. The lowest BCUT2D eigenvalue weighted by Crippen LogP contribution is -2.06. The normalized spacial score (nSPS) is 11.2. The molecule has 0 saturated heterocycles. The van der Waals surface area contributed by atoms with Crippen LogP contribution in [0.4, 0.5) is 5.82 Å². The van der Waals surface area contributed by atoms with Gasteiger partial charge in [-0.05, 0) is 35.2 Å². The van der Waals surface area contributed by atoms with Crippen LogP contribution < -0.4 is 5.32 Å². The van der Waals surface area contributed by atoms with Crippen molar-refractivity contribution in [2.45, 2.75) is 26.9 Å². The first-order chi connectivity index (χ1) is 16.2. The second-order valence-corrected chi connectivity index (χ2v) is 8.48. The average molecular weight is 435 g/mol. The number of anilines is 1. The third-order valence-electron chi connectivity index (χ3n) is 5.41. The highest BCUT2D eigenvalue weighted by Crippen LogP contribution is 2.34. The van der Waals surface area contributed by atoms with Crippen LogP contribution in [0.5, 0.6) is 0 Å². The maximum absolute atomic E-state index is 4.96. The molecule has 0 fully saturated rings. The van der Waals surface area contributed by atoms with Gasteiger partial charge in [0.25, 0.3) is 0 Å². The van der Waals surface area contributed by atoms with Crippen molar-refractivity contribution in [2.75, 3.05) is 5.32 Å². The third kappa shape index (κ3) is 4.60. The standard InChI is InChI=1S/C27H26N6/c1-19(2)17-33-18-21(15-30-33)26-31-24-13-8-12-23(20-9-4-3-5-10-20)25(24)27(32-26)29-16-22-11-6-7-14-28-22/h3-15,18-19H,16-17H2,1-2H3,(H,29,31,32). The van der Waals surface area contributed by atoms with E-state index in [1.165, 1.54) is 0 Å². The molecule has 0 atom stereocenters. The van der Waals surface area contributed by atoms with Crippen LogP contribution >= 0.6 is 0 Å². The molecule has 0 aliphatic carbocycles. The van der Waals surface area contributed by atoms with Gasteiger partial charge in [0.1, 0.15) is 5.82 Å². The Balaban J connectivity index is 1.62. The second-order valence-electron chi connectivity index (χ2n) is 8.48. The molecule has 0 unspecified atom stereocenters. The fraction of sp³-hybridized carbons (Fsp3) is 0.185. The van der Waals surface area contributed by atoms with Crippen LogP contribution in [0.15, 0.2) is 85.3 Å². The van der Waals surface area contributed by atoms with E-state index in [1.54, 1.807) is 6.20 Å². The number of hydrogen-bond donors (Lipinski definition) is 1. The molecule has 0 radical (unpaired) electrons. The number of benzene rings is 2. The van der Waals surface area contributed by atoms with Gasteiger partial charge in [-0.25, -0.2) is 9.97 Å². The topological polar surface area (TPSA) is 68.5 Å². The predicted molar refractivity (Wildman–Crippen MR) is 133 cm³/mol. The van der Waals surface area contributed by atoms with Crippen molar-refractivity contribution < 1.29 is 0 Å². The number of hydrogen-bond acceptors (Lipinski definition) is 5. The van der Waals surface area contributed by atoms with Gasteiger partial charge in [0.05, 0.1) is 34.9 Å². The highest BCUT2D eigenvalue weighted by molar-refractivity contribution is 6.02. The fourth-order valence-corrected chi connectivity index (χ4v) is 3.93. The first-order valence-electron chi connectivity index (χ1n) is 11.2. The highest BCUT2D eigenvalue weighted by atomic mass is 15.3. The molecular weight excluding hydrogens is 408 g/mol. The molecule has 0 bridgehead atoms. The monoisotopic (exact) mass is 434 g/mol. The summed E-state index contributed by atoms with van der Waals surface area (Å²) in [5, 5.41) is 9.03. The summed E-state index contributed by atoms with van der Waals surface area (Å²) in [4.78, 5) is 14.3. The summed E-state index contributed by atoms with van der Waals surface area (Å²) < 4.78 is 1.95. The van der Waals surface area contributed by atoms with Gasteiger partial charge in [-0.3, -0.25) is 9.67 Å². The van der Waals surface area contributed by atoms with Crippen LogP contribution in [0.25, 0.3) is 33.4 Å². The Kier molecular flexibility index (Phi) is 5.81. The SMILES string of the molecule is CC(C)Cn1cc(-c2nc(NCc3ccccn3)c3c(-c4ccccc4)cccc3n2)cn1. The molecule has 3 aromatic heterocycles. The maximum Gasteiger partial charge on any atom is 0.165 e. The molecular formula is C27H26N6. The van der Waals surface area contributed by atoms with Gasteiger partial charge in [0, 0.05) is 18.9 Å². The Bertz CT molecular complexity index is 1360. The lowest BCUT2D eigenvalue weighted by Gasteiger charge is -2.14. The number of rotatable bonds is 7. The molecule has 6 heteroatoms. The van der Waals surface area contributed by atoms with Crippen molar-refractivity contribution >= 4 is 16.7 Å². The van der Waals surface area contributed by atoms with Crippen LogP contribution in [0.3, 0.4) is 0 Å². The zero-order chi connectivity index (χ0) is 22.6. The van der Waals surface area contributed by atoms with Crippen LogP contribution in [-0.2, 0) is 13.1 Å². The lowest BCUT2D eigenvalue weighted by molar-refractivity contribution is 0.483. The Morgan fingerprint density at radius 3 is 2.52 bits per heavy atom. The average Bonchev–Trinajstić information content (AvgIpc) is 3.31. The molecule has 0 aliphatic heterocycles. The Labute approximate surface area is 193 Å². The summed E-state index contributed by atoms with van der Waals surface area (Å²) in [7, 11) is 0. The van der Waals surface area contributed by atoms with E-state index in [0.29, 0.717) is 18.3 Å². The van der Waals surface area contributed by atoms with Crippen molar-refractivity contribution in [3.8, 4) is 22.5 Å². The quantitative estimate of drug-likeness (QED) is 0.349. The van der Waals surface area contributed by atoms with E-state index in [9.17, 15) is 0 Å². The molecule has 3 heterocycles. The highest BCUT2D eigenvalue weighted by Gasteiger charge is 2.15. The molecule has 0 amide bonds. The summed E-state index contributed by atoms with van der Waals surface area (Å²) in [6, 6.07) is 22.5. The molecule has 6 nitrogen and oxygen atoms in total.